The van der Waals surface area contributed by atoms with Crippen LogP contribution in [0.3, 0.4) is 0 Å². The van der Waals surface area contributed by atoms with E-state index in [0.29, 0.717) is 6.04 Å². The van der Waals surface area contributed by atoms with Crippen LogP contribution >= 0.6 is 0 Å². The van der Waals surface area contributed by atoms with Crippen molar-refractivity contribution in [3.05, 3.63) is 35.5 Å². The summed E-state index contributed by atoms with van der Waals surface area (Å²) in [5.74, 6) is 0. The maximum atomic E-state index is 6.26. The Morgan fingerprint density at radius 3 is 3.06 bits per heavy atom. The molecule has 1 aliphatic carbocycles. The van der Waals surface area contributed by atoms with Crippen LogP contribution in [0.15, 0.2) is 24.3 Å². The van der Waals surface area contributed by atoms with E-state index in [-0.39, 0.29) is 6.04 Å². The zero-order chi connectivity index (χ0) is 11.8. The molecule has 0 bridgehead atoms. The lowest BCUT2D eigenvalue weighted by atomic mass is 9.88. The van der Waals surface area contributed by atoms with Gasteiger partial charge in [-0.25, -0.2) is 0 Å². The van der Waals surface area contributed by atoms with Crippen LogP contribution in [0.5, 0.6) is 0 Å². The predicted octanol–water partition coefficient (Wildman–Crippen LogP) is 2.09. The smallest absolute Gasteiger partial charge is 0.0466 e. The Labute approximate surface area is 101 Å². The maximum absolute atomic E-state index is 6.26. The molecule has 0 saturated heterocycles. The van der Waals surface area contributed by atoms with Gasteiger partial charge in [0.2, 0.25) is 0 Å². The standard InChI is InChI=1S/C14H19N3/c1-2-16-9-7-11-10-5-3-4-6-13(10)17-14(11)12(15)8-9/h3-6,9,12,16-17H,2,7-8,15H2,1H3. The molecule has 0 spiro atoms. The average Bonchev–Trinajstić information content (AvgIpc) is 2.69. The van der Waals surface area contributed by atoms with Crippen molar-refractivity contribution < 1.29 is 0 Å². The van der Waals surface area contributed by atoms with E-state index < -0.39 is 0 Å². The summed E-state index contributed by atoms with van der Waals surface area (Å²) in [4.78, 5) is 3.48. The first-order valence-corrected chi connectivity index (χ1v) is 6.38. The number of para-hydroxylation sites is 1. The lowest BCUT2D eigenvalue weighted by Gasteiger charge is -2.27. The van der Waals surface area contributed by atoms with Crippen LogP contribution in [0.25, 0.3) is 10.9 Å². The number of fused-ring (bicyclic) bond motifs is 3. The summed E-state index contributed by atoms with van der Waals surface area (Å²) in [6.07, 6.45) is 2.11. The number of nitrogens with one attached hydrogen (secondary N) is 2. The Morgan fingerprint density at radius 2 is 2.24 bits per heavy atom. The summed E-state index contributed by atoms with van der Waals surface area (Å²) < 4.78 is 0. The molecule has 1 aliphatic rings. The van der Waals surface area contributed by atoms with Gasteiger partial charge in [-0.05, 0) is 31.0 Å². The van der Waals surface area contributed by atoms with Crippen LogP contribution < -0.4 is 11.1 Å². The monoisotopic (exact) mass is 229 g/mol. The number of nitrogens with two attached hydrogens (primary N) is 1. The summed E-state index contributed by atoms with van der Waals surface area (Å²) in [7, 11) is 0. The Balaban J connectivity index is 2.07. The van der Waals surface area contributed by atoms with E-state index in [9.17, 15) is 0 Å². The fourth-order valence-electron chi connectivity index (χ4n) is 2.96. The van der Waals surface area contributed by atoms with Gasteiger partial charge >= 0.3 is 0 Å². The zero-order valence-electron chi connectivity index (χ0n) is 10.2. The van der Waals surface area contributed by atoms with E-state index in [1.54, 1.807) is 0 Å². The van der Waals surface area contributed by atoms with E-state index in [4.69, 9.17) is 5.73 Å². The third-order valence-electron chi connectivity index (χ3n) is 3.70. The van der Waals surface area contributed by atoms with Gasteiger partial charge < -0.3 is 16.0 Å². The molecular formula is C14H19N3. The van der Waals surface area contributed by atoms with Gasteiger partial charge in [-0.2, -0.15) is 0 Å². The first-order valence-electron chi connectivity index (χ1n) is 6.38. The van der Waals surface area contributed by atoms with E-state index in [1.165, 1.54) is 22.2 Å². The third-order valence-corrected chi connectivity index (χ3v) is 3.70. The first-order chi connectivity index (χ1) is 8.29. The molecule has 0 fully saturated rings. The highest BCUT2D eigenvalue weighted by atomic mass is 14.9. The predicted molar refractivity (Wildman–Crippen MR) is 71.0 cm³/mol. The summed E-state index contributed by atoms with van der Waals surface area (Å²) in [5.41, 5.74) is 10.1. The van der Waals surface area contributed by atoms with Gasteiger partial charge in [0.15, 0.2) is 0 Å². The number of aromatic amines is 1. The van der Waals surface area contributed by atoms with Crippen LogP contribution in [0.2, 0.25) is 0 Å². The van der Waals surface area contributed by atoms with Crippen LogP contribution in [0.1, 0.15) is 30.6 Å². The van der Waals surface area contributed by atoms with Crippen LogP contribution in [0, 0.1) is 0 Å². The van der Waals surface area contributed by atoms with Crippen molar-refractivity contribution in [1.29, 1.82) is 0 Å². The molecule has 3 rings (SSSR count). The molecule has 1 aromatic heterocycles. The first kappa shape index (κ1) is 10.8. The number of benzene rings is 1. The second kappa shape index (κ2) is 4.17. The molecule has 3 nitrogen and oxygen atoms in total. The molecule has 2 atom stereocenters. The largest absolute Gasteiger partial charge is 0.357 e. The molecule has 0 radical (unpaired) electrons. The normalized spacial score (nSPS) is 23.9. The maximum Gasteiger partial charge on any atom is 0.0466 e. The lowest BCUT2D eigenvalue weighted by molar-refractivity contribution is 0.422. The van der Waals surface area contributed by atoms with E-state index in [1.807, 2.05) is 0 Å². The fraction of sp³-hybridized carbons (Fsp3) is 0.429. The van der Waals surface area contributed by atoms with Crippen molar-refractivity contribution in [2.75, 3.05) is 6.54 Å². The van der Waals surface area contributed by atoms with Gasteiger partial charge in [-0.15, -0.1) is 0 Å². The zero-order valence-corrected chi connectivity index (χ0v) is 10.2. The molecule has 1 aromatic carbocycles. The van der Waals surface area contributed by atoms with Crippen molar-refractivity contribution >= 4 is 10.9 Å². The van der Waals surface area contributed by atoms with Gasteiger partial charge in [0.25, 0.3) is 0 Å². The number of aromatic nitrogens is 1. The van der Waals surface area contributed by atoms with Gasteiger partial charge in [0.05, 0.1) is 0 Å². The molecular weight excluding hydrogens is 210 g/mol. The van der Waals surface area contributed by atoms with Crippen molar-refractivity contribution in [3.8, 4) is 0 Å². The average molecular weight is 229 g/mol. The van der Waals surface area contributed by atoms with Crippen molar-refractivity contribution in [2.24, 2.45) is 5.73 Å². The third kappa shape index (κ3) is 1.75. The van der Waals surface area contributed by atoms with Crippen molar-refractivity contribution in [2.45, 2.75) is 31.8 Å². The summed E-state index contributed by atoms with van der Waals surface area (Å²) in [5, 5.41) is 4.85. The Morgan fingerprint density at radius 1 is 1.41 bits per heavy atom. The molecule has 3 heteroatoms. The second-order valence-corrected chi connectivity index (χ2v) is 4.86. The minimum atomic E-state index is 0.134. The van der Waals surface area contributed by atoms with Gasteiger partial charge in [0, 0.05) is 28.7 Å². The van der Waals surface area contributed by atoms with E-state index >= 15 is 0 Å². The molecule has 17 heavy (non-hydrogen) atoms. The summed E-state index contributed by atoms with van der Waals surface area (Å²) >= 11 is 0. The minimum absolute atomic E-state index is 0.134. The molecule has 1 heterocycles. The number of likely N-dealkylation sites (N-methyl/N-ethyl adjacent to an activating group) is 1. The van der Waals surface area contributed by atoms with Crippen LogP contribution in [-0.4, -0.2) is 17.6 Å². The number of hydrogen-bond acceptors (Lipinski definition) is 2. The quantitative estimate of drug-likeness (QED) is 0.738. The number of H-pyrrole nitrogens is 1. The molecule has 4 N–H and O–H groups in total. The van der Waals surface area contributed by atoms with Gasteiger partial charge in [0.1, 0.15) is 0 Å². The molecule has 2 aromatic rings. The van der Waals surface area contributed by atoms with Gasteiger partial charge in [-0.3, -0.25) is 0 Å². The SMILES string of the molecule is CCNC1Cc2c([nH]c3ccccc23)C(N)C1. The Kier molecular flexibility index (Phi) is 2.65. The van der Waals surface area contributed by atoms with Crippen molar-refractivity contribution in [3.63, 3.8) is 0 Å². The fourth-order valence-corrected chi connectivity index (χ4v) is 2.96. The highest BCUT2D eigenvalue weighted by Crippen LogP contribution is 2.33. The second-order valence-electron chi connectivity index (χ2n) is 4.86. The highest BCUT2D eigenvalue weighted by Gasteiger charge is 2.27. The lowest BCUT2D eigenvalue weighted by Crippen LogP contribution is -2.37. The van der Waals surface area contributed by atoms with E-state index in [2.05, 4.69) is 41.5 Å². The molecule has 0 saturated carbocycles. The molecule has 0 aliphatic heterocycles. The number of hydrogen-bond donors (Lipinski definition) is 3. The molecule has 0 amide bonds. The summed E-state index contributed by atoms with van der Waals surface area (Å²) in [6.45, 7) is 3.16. The number of rotatable bonds is 2. The highest BCUT2D eigenvalue weighted by molar-refractivity contribution is 5.85. The van der Waals surface area contributed by atoms with Gasteiger partial charge in [-0.1, -0.05) is 25.1 Å². The summed E-state index contributed by atoms with van der Waals surface area (Å²) in [6, 6.07) is 9.13. The molecule has 2 unspecified atom stereocenters. The molecule has 90 valence electrons. The Hall–Kier alpha value is -1.32. The van der Waals surface area contributed by atoms with Crippen LogP contribution in [0.4, 0.5) is 0 Å². The van der Waals surface area contributed by atoms with Crippen molar-refractivity contribution in [1.82, 2.24) is 10.3 Å². The Bertz CT molecular complexity index is 529. The van der Waals surface area contributed by atoms with Crippen LogP contribution in [-0.2, 0) is 6.42 Å². The van der Waals surface area contributed by atoms with E-state index in [0.717, 1.165) is 19.4 Å². The minimum Gasteiger partial charge on any atom is -0.357 e. The topological polar surface area (TPSA) is 53.8 Å².